The first-order valence-corrected chi connectivity index (χ1v) is 7.07. The Kier molecular flexibility index (Phi) is 3.93. The standard InChI is InChI=1S/C17H14ClNO2/c18-14-7-5-12(6-8-14)9-17(20)19-11-15-10-13-3-1-2-4-16(13)21-15/h1-8,10H,9,11H2,(H,19,20). The Bertz CT molecular complexity index is 729. The SMILES string of the molecule is O=C(Cc1ccc(Cl)cc1)NCc1cc2ccccc2o1. The number of amides is 1. The molecule has 21 heavy (non-hydrogen) atoms. The minimum atomic E-state index is -0.0437. The van der Waals surface area contributed by atoms with Gasteiger partial charge >= 0.3 is 0 Å². The van der Waals surface area contributed by atoms with Gasteiger partial charge in [0.15, 0.2) is 0 Å². The molecule has 3 nitrogen and oxygen atoms in total. The highest BCUT2D eigenvalue weighted by Gasteiger charge is 2.06. The van der Waals surface area contributed by atoms with Gasteiger partial charge in [-0.1, -0.05) is 41.9 Å². The summed E-state index contributed by atoms with van der Waals surface area (Å²) in [5, 5.41) is 4.57. The minimum absolute atomic E-state index is 0.0437. The van der Waals surface area contributed by atoms with Crippen LogP contribution in [0, 0.1) is 0 Å². The van der Waals surface area contributed by atoms with Gasteiger partial charge in [-0.2, -0.15) is 0 Å². The summed E-state index contributed by atoms with van der Waals surface area (Å²) >= 11 is 5.82. The highest BCUT2D eigenvalue weighted by molar-refractivity contribution is 6.30. The molecule has 0 spiro atoms. The van der Waals surface area contributed by atoms with Crippen molar-refractivity contribution in [2.45, 2.75) is 13.0 Å². The van der Waals surface area contributed by atoms with E-state index in [9.17, 15) is 4.79 Å². The molecular formula is C17H14ClNO2. The third-order valence-corrected chi connectivity index (χ3v) is 3.47. The van der Waals surface area contributed by atoms with E-state index in [1.165, 1.54) is 0 Å². The lowest BCUT2D eigenvalue weighted by Gasteiger charge is -2.03. The van der Waals surface area contributed by atoms with Crippen LogP contribution in [-0.4, -0.2) is 5.91 Å². The van der Waals surface area contributed by atoms with Gasteiger partial charge in [-0.25, -0.2) is 0 Å². The number of nitrogens with one attached hydrogen (secondary N) is 1. The van der Waals surface area contributed by atoms with E-state index >= 15 is 0 Å². The Morgan fingerprint density at radius 1 is 1.10 bits per heavy atom. The number of rotatable bonds is 4. The molecule has 4 heteroatoms. The molecule has 1 N–H and O–H groups in total. The predicted octanol–water partition coefficient (Wildman–Crippen LogP) is 3.95. The highest BCUT2D eigenvalue weighted by atomic mass is 35.5. The van der Waals surface area contributed by atoms with E-state index < -0.39 is 0 Å². The van der Waals surface area contributed by atoms with Crippen LogP contribution in [0.15, 0.2) is 59.0 Å². The van der Waals surface area contributed by atoms with Crippen LogP contribution in [0.2, 0.25) is 5.02 Å². The normalized spacial score (nSPS) is 10.7. The zero-order valence-corrected chi connectivity index (χ0v) is 12.1. The van der Waals surface area contributed by atoms with Gasteiger partial charge in [0.1, 0.15) is 11.3 Å². The first-order chi connectivity index (χ1) is 10.2. The van der Waals surface area contributed by atoms with E-state index in [-0.39, 0.29) is 5.91 Å². The van der Waals surface area contributed by atoms with Crippen molar-refractivity contribution in [2.24, 2.45) is 0 Å². The summed E-state index contributed by atoms with van der Waals surface area (Å²) in [7, 11) is 0. The maximum Gasteiger partial charge on any atom is 0.224 e. The maximum absolute atomic E-state index is 11.9. The molecule has 0 aliphatic heterocycles. The Morgan fingerprint density at radius 2 is 1.86 bits per heavy atom. The van der Waals surface area contributed by atoms with Crippen LogP contribution < -0.4 is 5.32 Å². The summed E-state index contributed by atoms with van der Waals surface area (Å²) in [6.45, 7) is 0.390. The van der Waals surface area contributed by atoms with E-state index in [0.29, 0.717) is 18.0 Å². The van der Waals surface area contributed by atoms with Crippen molar-refractivity contribution in [3.05, 3.63) is 70.9 Å². The monoisotopic (exact) mass is 299 g/mol. The van der Waals surface area contributed by atoms with E-state index in [2.05, 4.69) is 5.32 Å². The van der Waals surface area contributed by atoms with Crippen molar-refractivity contribution < 1.29 is 9.21 Å². The second kappa shape index (κ2) is 6.02. The number of furan rings is 1. The second-order valence-electron chi connectivity index (χ2n) is 4.83. The van der Waals surface area contributed by atoms with Gasteiger partial charge in [0, 0.05) is 10.4 Å². The van der Waals surface area contributed by atoms with Gasteiger partial charge < -0.3 is 9.73 Å². The minimum Gasteiger partial charge on any atom is -0.459 e. The van der Waals surface area contributed by atoms with Crippen molar-refractivity contribution in [3.8, 4) is 0 Å². The fourth-order valence-electron chi connectivity index (χ4n) is 2.16. The summed E-state index contributed by atoms with van der Waals surface area (Å²) in [5.41, 5.74) is 1.76. The molecule has 1 heterocycles. The van der Waals surface area contributed by atoms with Crippen LogP contribution >= 0.6 is 11.6 Å². The van der Waals surface area contributed by atoms with Crippen LogP contribution in [0.4, 0.5) is 0 Å². The number of benzene rings is 2. The molecule has 106 valence electrons. The summed E-state index contributed by atoms with van der Waals surface area (Å²) < 4.78 is 5.65. The molecule has 1 amide bonds. The third kappa shape index (κ3) is 3.44. The molecule has 0 fully saturated rings. The number of hydrogen-bond acceptors (Lipinski definition) is 2. The lowest BCUT2D eigenvalue weighted by molar-refractivity contribution is -0.120. The second-order valence-corrected chi connectivity index (χ2v) is 5.27. The van der Waals surface area contributed by atoms with Crippen LogP contribution in [0.1, 0.15) is 11.3 Å². The third-order valence-electron chi connectivity index (χ3n) is 3.21. The largest absolute Gasteiger partial charge is 0.459 e. The summed E-state index contributed by atoms with van der Waals surface area (Å²) in [6.07, 6.45) is 0.331. The van der Waals surface area contributed by atoms with E-state index in [0.717, 1.165) is 22.3 Å². The molecule has 2 aromatic carbocycles. The van der Waals surface area contributed by atoms with Crippen molar-refractivity contribution in [2.75, 3.05) is 0 Å². The summed E-state index contributed by atoms with van der Waals surface area (Å²) in [4.78, 5) is 11.9. The van der Waals surface area contributed by atoms with Gasteiger partial charge in [0.25, 0.3) is 0 Å². The van der Waals surface area contributed by atoms with Gasteiger partial charge in [-0.15, -0.1) is 0 Å². The molecule has 3 rings (SSSR count). The zero-order valence-electron chi connectivity index (χ0n) is 11.3. The van der Waals surface area contributed by atoms with Crippen LogP contribution in [-0.2, 0) is 17.8 Å². The Morgan fingerprint density at radius 3 is 2.62 bits per heavy atom. The Hall–Kier alpha value is -2.26. The van der Waals surface area contributed by atoms with Gasteiger partial charge in [-0.3, -0.25) is 4.79 Å². The molecule has 0 aliphatic rings. The van der Waals surface area contributed by atoms with Gasteiger partial charge in [0.05, 0.1) is 13.0 Å². The average molecular weight is 300 g/mol. The molecule has 0 atom stereocenters. The smallest absolute Gasteiger partial charge is 0.224 e. The Labute approximate surface area is 127 Å². The summed E-state index contributed by atoms with van der Waals surface area (Å²) in [6, 6.07) is 17.0. The lowest BCUT2D eigenvalue weighted by atomic mass is 10.1. The molecule has 0 bridgehead atoms. The zero-order chi connectivity index (χ0) is 14.7. The fourth-order valence-corrected chi connectivity index (χ4v) is 2.29. The molecule has 0 unspecified atom stereocenters. The predicted molar refractivity (Wildman–Crippen MR) is 83.2 cm³/mol. The summed E-state index contributed by atoms with van der Waals surface area (Å²) in [5.74, 6) is 0.707. The van der Waals surface area contributed by atoms with Crippen LogP contribution in [0.3, 0.4) is 0 Å². The molecule has 0 saturated carbocycles. The first-order valence-electron chi connectivity index (χ1n) is 6.69. The molecular weight excluding hydrogens is 286 g/mol. The average Bonchev–Trinajstić information content (AvgIpc) is 2.90. The number of fused-ring (bicyclic) bond motifs is 1. The number of para-hydroxylation sites is 1. The van der Waals surface area contributed by atoms with Gasteiger partial charge in [0.2, 0.25) is 5.91 Å². The van der Waals surface area contributed by atoms with Crippen molar-refractivity contribution in [1.29, 1.82) is 0 Å². The van der Waals surface area contributed by atoms with Gasteiger partial charge in [-0.05, 0) is 29.8 Å². The van der Waals surface area contributed by atoms with Crippen molar-refractivity contribution >= 4 is 28.5 Å². The molecule has 3 aromatic rings. The number of carbonyl (C=O) groups is 1. The maximum atomic E-state index is 11.9. The molecule has 0 radical (unpaired) electrons. The molecule has 1 aromatic heterocycles. The van der Waals surface area contributed by atoms with E-state index in [4.69, 9.17) is 16.0 Å². The van der Waals surface area contributed by atoms with E-state index in [1.807, 2.05) is 42.5 Å². The number of hydrogen-bond donors (Lipinski definition) is 1. The van der Waals surface area contributed by atoms with Crippen LogP contribution in [0.5, 0.6) is 0 Å². The quantitative estimate of drug-likeness (QED) is 0.792. The van der Waals surface area contributed by atoms with Crippen LogP contribution in [0.25, 0.3) is 11.0 Å². The van der Waals surface area contributed by atoms with Crippen molar-refractivity contribution in [1.82, 2.24) is 5.32 Å². The highest BCUT2D eigenvalue weighted by Crippen LogP contribution is 2.18. The van der Waals surface area contributed by atoms with E-state index in [1.54, 1.807) is 12.1 Å². The Balaban J connectivity index is 1.59. The topological polar surface area (TPSA) is 42.2 Å². The fraction of sp³-hybridized carbons (Fsp3) is 0.118. The number of carbonyl (C=O) groups excluding carboxylic acids is 1. The molecule has 0 saturated heterocycles. The lowest BCUT2D eigenvalue weighted by Crippen LogP contribution is -2.24. The first kappa shape index (κ1) is 13.7. The number of halogens is 1. The van der Waals surface area contributed by atoms with Crippen molar-refractivity contribution in [3.63, 3.8) is 0 Å². The molecule has 0 aliphatic carbocycles.